The second kappa shape index (κ2) is 10.1. The highest BCUT2D eigenvalue weighted by Gasteiger charge is 2.34. The van der Waals surface area contributed by atoms with E-state index >= 15 is 0 Å². The molecule has 0 N–H and O–H groups in total. The van der Waals surface area contributed by atoms with Gasteiger partial charge in [-0.1, -0.05) is 20.8 Å². The predicted molar refractivity (Wildman–Crippen MR) is 133 cm³/mol. The fraction of sp³-hybridized carbons (Fsp3) is 0.423. The molecule has 0 aliphatic carbocycles. The molecule has 1 aromatic carbocycles. The van der Waals surface area contributed by atoms with Crippen LogP contribution in [0.1, 0.15) is 54.7 Å². The number of carbonyl (C=O) groups excluding carboxylic acids is 1. The van der Waals surface area contributed by atoms with E-state index in [0.717, 1.165) is 21.6 Å². The fourth-order valence-corrected chi connectivity index (χ4v) is 5.31. The van der Waals surface area contributed by atoms with Crippen LogP contribution in [-0.2, 0) is 22.5 Å². The van der Waals surface area contributed by atoms with Gasteiger partial charge in [-0.05, 0) is 36.5 Å². The minimum atomic E-state index is -2.86. The number of fused-ring (bicyclic) bond motifs is 3. The first-order valence-electron chi connectivity index (χ1n) is 11.5. The van der Waals surface area contributed by atoms with Crippen LogP contribution in [0.25, 0.3) is 21.7 Å². The van der Waals surface area contributed by atoms with E-state index in [4.69, 9.17) is 9.47 Å². The monoisotopic (exact) mass is 518 g/mol. The molecule has 3 heterocycles. The van der Waals surface area contributed by atoms with Gasteiger partial charge in [0.15, 0.2) is 5.43 Å². The molecular formula is C26H28F2N2O5S. The Balaban J connectivity index is 1.85. The van der Waals surface area contributed by atoms with Gasteiger partial charge in [0.05, 0.1) is 24.3 Å². The van der Waals surface area contributed by atoms with Crippen LogP contribution < -0.4 is 10.2 Å². The van der Waals surface area contributed by atoms with Crippen LogP contribution in [0, 0.1) is 5.41 Å². The van der Waals surface area contributed by atoms with Crippen molar-refractivity contribution in [2.24, 2.45) is 5.41 Å². The molecule has 7 nitrogen and oxygen atoms in total. The molecule has 0 bridgehead atoms. The maximum Gasteiger partial charge on any atom is 0.345 e. The summed E-state index contributed by atoms with van der Waals surface area (Å²) in [6, 6.07) is 5.31. The van der Waals surface area contributed by atoms with Gasteiger partial charge in [0.25, 0.3) is 0 Å². The number of methoxy groups -OCH3 is 1. The average molecular weight is 519 g/mol. The van der Waals surface area contributed by atoms with Crippen molar-refractivity contribution in [2.45, 2.75) is 53.4 Å². The number of hydrogen-bond donors (Lipinski definition) is 0. The van der Waals surface area contributed by atoms with Gasteiger partial charge in [0.2, 0.25) is 0 Å². The molecule has 10 heteroatoms. The lowest BCUT2D eigenvalue weighted by atomic mass is 9.78. The van der Waals surface area contributed by atoms with Gasteiger partial charge < -0.3 is 18.8 Å². The Morgan fingerprint density at radius 2 is 2.00 bits per heavy atom. The van der Waals surface area contributed by atoms with Crippen LogP contribution in [0.2, 0.25) is 0 Å². The number of pyridine rings is 1. The topological polar surface area (TPSA) is 79.7 Å². The zero-order chi connectivity index (χ0) is 26.2. The summed E-state index contributed by atoms with van der Waals surface area (Å²) >= 11 is 1.26. The summed E-state index contributed by atoms with van der Waals surface area (Å²) < 4.78 is 42.0. The first kappa shape index (κ1) is 26.0. The van der Waals surface area contributed by atoms with Crippen molar-refractivity contribution in [1.29, 1.82) is 0 Å². The number of aromatic nitrogens is 2. The van der Waals surface area contributed by atoms with E-state index in [0.29, 0.717) is 22.9 Å². The summed E-state index contributed by atoms with van der Waals surface area (Å²) in [6.07, 6.45) is 3.87. The lowest BCUT2D eigenvalue weighted by molar-refractivity contribution is -0.137. The van der Waals surface area contributed by atoms with E-state index in [9.17, 15) is 18.4 Å². The first-order chi connectivity index (χ1) is 17.0. The fourth-order valence-electron chi connectivity index (χ4n) is 4.44. The van der Waals surface area contributed by atoms with E-state index in [1.165, 1.54) is 17.4 Å². The second-order valence-electron chi connectivity index (χ2n) is 9.55. The minimum absolute atomic E-state index is 0.00471. The number of hydrogen-bond acceptors (Lipinski definition) is 7. The Labute approximate surface area is 211 Å². The van der Waals surface area contributed by atoms with Crippen LogP contribution in [0.3, 0.4) is 0 Å². The third kappa shape index (κ3) is 5.05. The summed E-state index contributed by atoms with van der Waals surface area (Å²) in [6.45, 7) is 5.06. The number of halogens is 2. The summed E-state index contributed by atoms with van der Waals surface area (Å²) in [5.41, 5.74) is 2.71. The van der Waals surface area contributed by atoms with Crippen LogP contribution in [0.4, 0.5) is 8.78 Å². The molecule has 4 rings (SSSR count). The lowest BCUT2D eigenvalue weighted by Crippen LogP contribution is -2.33. The van der Waals surface area contributed by atoms with Gasteiger partial charge in [0, 0.05) is 35.6 Å². The Morgan fingerprint density at radius 3 is 2.64 bits per heavy atom. The molecule has 1 aliphatic heterocycles. The average Bonchev–Trinajstić information content (AvgIpc) is 3.29. The number of nitrogens with zero attached hydrogens (tertiary/aromatic N) is 2. The van der Waals surface area contributed by atoms with Crippen molar-refractivity contribution in [3.8, 4) is 27.4 Å². The molecule has 1 aliphatic rings. The van der Waals surface area contributed by atoms with E-state index in [1.54, 1.807) is 26.4 Å². The molecule has 0 saturated carbocycles. The molecule has 1 unspecified atom stereocenters. The smallest absolute Gasteiger partial charge is 0.345 e. The number of rotatable bonds is 7. The molecule has 0 fully saturated rings. The molecule has 1 atom stereocenters. The molecule has 36 heavy (non-hydrogen) atoms. The maximum atomic E-state index is 12.9. The third-order valence-corrected chi connectivity index (χ3v) is 7.18. The zero-order valence-corrected chi connectivity index (χ0v) is 21.6. The van der Waals surface area contributed by atoms with Gasteiger partial charge in [-0.2, -0.15) is 8.78 Å². The molecule has 0 spiro atoms. The van der Waals surface area contributed by atoms with Crippen LogP contribution in [-0.4, -0.2) is 35.8 Å². The van der Waals surface area contributed by atoms with Crippen molar-refractivity contribution in [3.63, 3.8) is 0 Å². The zero-order valence-electron chi connectivity index (χ0n) is 20.8. The van der Waals surface area contributed by atoms with Gasteiger partial charge in [-0.3, -0.25) is 4.79 Å². The highest BCUT2D eigenvalue weighted by atomic mass is 32.1. The summed E-state index contributed by atoms with van der Waals surface area (Å²) in [4.78, 5) is 30.3. The molecule has 3 aromatic rings. The van der Waals surface area contributed by atoms with Gasteiger partial charge in [-0.15, -0.1) is 11.3 Å². The number of esters is 1. The van der Waals surface area contributed by atoms with Crippen molar-refractivity contribution in [3.05, 3.63) is 57.0 Å². The Morgan fingerprint density at radius 1 is 1.25 bits per heavy atom. The molecule has 0 saturated heterocycles. The highest BCUT2D eigenvalue weighted by molar-refractivity contribution is 7.15. The van der Waals surface area contributed by atoms with Crippen molar-refractivity contribution in [1.82, 2.24) is 9.55 Å². The van der Waals surface area contributed by atoms with E-state index in [2.05, 4.69) is 30.5 Å². The van der Waals surface area contributed by atoms with Crippen molar-refractivity contribution < 1.29 is 27.8 Å². The molecule has 0 amide bonds. The summed E-state index contributed by atoms with van der Waals surface area (Å²) in [7, 11) is 1.55. The molecule has 2 aromatic heterocycles. The predicted octanol–water partition coefficient (Wildman–Crippen LogP) is 5.71. The first-order valence-corrected chi connectivity index (χ1v) is 12.3. The molecule has 0 radical (unpaired) electrons. The number of carbonyl (C=O) groups is 1. The van der Waals surface area contributed by atoms with Crippen LogP contribution in [0.5, 0.6) is 5.75 Å². The van der Waals surface area contributed by atoms with Gasteiger partial charge in [-0.25, -0.2) is 9.78 Å². The largest absolute Gasteiger partial charge is 0.496 e. The maximum absolute atomic E-state index is 12.9. The SMILES string of the molecule is CCOC(=O)c1cn2c(cc1=O)-c1cc(OC)c(-c3cnc(COC(F)F)s3)cc1CC2C(C)(C)C. The molecule has 192 valence electrons. The normalized spacial score (nSPS) is 14.9. The number of thiazole rings is 1. The second-order valence-corrected chi connectivity index (χ2v) is 10.7. The van der Waals surface area contributed by atoms with Crippen molar-refractivity contribution >= 4 is 17.3 Å². The minimum Gasteiger partial charge on any atom is -0.496 e. The Kier molecular flexibility index (Phi) is 7.28. The number of alkyl halides is 2. The molecular weight excluding hydrogens is 490 g/mol. The quantitative estimate of drug-likeness (QED) is 0.373. The standard InChI is InChI=1S/C26H28F2N2O5S/c1-6-34-24(32)17-12-30-18(10-19(17)31)15-9-20(33-5)16(7-14(15)8-22(30)26(2,3)4)21-11-29-23(36-21)13-35-25(27)28/h7,9-12,22,25H,6,8,13H2,1-5H3. The van der Waals surface area contributed by atoms with E-state index < -0.39 is 18.0 Å². The number of benzene rings is 1. The third-order valence-electron chi connectivity index (χ3n) is 6.18. The van der Waals surface area contributed by atoms with Gasteiger partial charge >= 0.3 is 12.6 Å². The Bertz CT molecular complexity index is 1340. The van der Waals surface area contributed by atoms with Crippen LogP contribution in [0.15, 0.2) is 35.4 Å². The Hall–Kier alpha value is -3.11. The van der Waals surface area contributed by atoms with Gasteiger partial charge in [0.1, 0.15) is 22.9 Å². The number of ether oxygens (including phenoxy) is 3. The van der Waals surface area contributed by atoms with Crippen molar-refractivity contribution in [2.75, 3.05) is 13.7 Å². The summed E-state index contributed by atoms with van der Waals surface area (Å²) in [5.74, 6) is -0.0811. The highest BCUT2D eigenvalue weighted by Crippen LogP contribution is 2.46. The van der Waals surface area contributed by atoms with E-state index in [1.807, 2.05) is 16.7 Å². The van der Waals surface area contributed by atoms with Crippen LogP contribution >= 0.6 is 11.3 Å². The lowest BCUT2D eigenvalue weighted by Gasteiger charge is -2.39. The van der Waals surface area contributed by atoms with E-state index in [-0.39, 0.29) is 30.2 Å². The summed E-state index contributed by atoms with van der Waals surface area (Å²) in [5, 5.41) is 0.432.